The summed E-state index contributed by atoms with van der Waals surface area (Å²) < 4.78 is 0.804. The third-order valence-corrected chi connectivity index (χ3v) is 3.03. The van der Waals surface area contributed by atoms with Crippen molar-refractivity contribution in [3.8, 4) is 0 Å². The second kappa shape index (κ2) is 4.29. The van der Waals surface area contributed by atoms with Crippen molar-refractivity contribution in [1.82, 2.24) is 15.1 Å². The molecule has 0 aliphatic heterocycles. The lowest BCUT2D eigenvalue weighted by Crippen LogP contribution is -2.24. The van der Waals surface area contributed by atoms with Gasteiger partial charge in [0.05, 0.1) is 5.69 Å². The van der Waals surface area contributed by atoms with E-state index in [0.717, 1.165) is 9.86 Å². The maximum Gasteiger partial charge on any atom is 0.276 e. The van der Waals surface area contributed by atoms with E-state index in [9.17, 15) is 4.79 Å². The molecule has 5 nitrogen and oxygen atoms in total. The van der Waals surface area contributed by atoms with Crippen molar-refractivity contribution in [1.29, 1.82) is 0 Å². The fourth-order valence-electron chi connectivity index (χ4n) is 1.49. The molecule has 0 saturated heterocycles. The molecule has 0 bridgehead atoms. The Kier molecular flexibility index (Phi) is 2.97. The standard InChI is InChI=1S/C11H11BrN4O/c1-16(2)11(17)10-8(13)6-4-3-5-7(12)9(6)14-15-10/h3-5H,1-2H3,(H2,13,14). The molecule has 2 N–H and O–H groups in total. The molecule has 17 heavy (non-hydrogen) atoms. The van der Waals surface area contributed by atoms with E-state index in [1.165, 1.54) is 4.90 Å². The first kappa shape index (κ1) is 11.8. The van der Waals surface area contributed by atoms with Crippen molar-refractivity contribution in [3.63, 3.8) is 0 Å². The Hall–Kier alpha value is -1.69. The van der Waals surface area contributed by atoms with E-state index < -0.39 is 0 Å². The predicted octanol–water partition coefficient (Wildman–Crippen LogP) is 1.68. The van der Waals surface area contributed by atoms with Gasteiger partial charge < -0.3 is 10.6 Å². The largest absolute Gasteiger partial charge is 0.396 e. The second-order valence-electron chi connectivity index (χ2n) is 3.80. The average molecular weight is 295 g/mol. The molecule has 0 atom stereocenters. The number of carbonyl (C=O) groups excluding carboxylic acids is 1. The van der Waals surface area contributed by atoms with Gasteiger partial charge in [0.15, 0.2) is 5.69 Å². The predicted molar refractivity (Wildman–Crippen MR) is 69.7 cm³/mol. The number of rotatable bonds is 1. The van der Waals surface area contributed by atoms with Crippen molar-refractivity contribution in [2.24, 2.45) is 0 Å². The SMILES string of the molecule is CN(C)C(=O)c1nnc2c(Br)cccc2c1N. The molecule has 1 aromatic carbocycles. The molecular weight excluding hydrogens is 284 g/mol. The Balaban J connectivity index is 2.71. The van der Waals surface area contributed by atoms with Crippen LogP contribution in [0.1, 0.15) is 10.5 Å². The number of benzene rings is 1. The molecule has 0 radical (unpaired) electrons. The van der Waals surface area contributed by atoms with Crippen LogP contribution in [0.4, 0.5) is 5.69 Å². The highest BCUT2D eigenvalue weighted by molar-refractivity contribution is 9.10. The molecule has 2 rings (SSSR count). The van der Waals surface area contributed by atoms with Crippen molar-refractivity contribution in [2.75, 3.05) is 19.8 Å². The summed E-state index contributed by atoms with van der Waals surface area (Å²) in [5, 5.41) is 8.63. The molecule has 6 heteroatoms. The molecule has 1 heterocycles. The number of nitrogens with zero attached hydrogens (tertiary/aromatic N) is 3. The van der Waals surface area contributed by atoms with Gasteiger partial charge in [0.25, 0.3) is 5.91 Å². The van der Waals surface area contributed by atoms with Gasteiger partial charge in [-0.05, 0) is 22.0 Å². The summed E-state index contributed by atoms with van der Waals surface area (Å²) in [5.41, 5.74) is 7.15. The van der Waals surface area contributed by atoms with Gasteiger partial charge in [-0.1, -0.05) is 12.1 Å². The van der Waals surface area contributed by atoms with Crippen LogP contribution < -0.4 is 5.73 Å². The highest BCUT2D eigenvalue weighted by Crippen LogP contribution is 2.27. The van der Waals surface area contributed by atoms with Crippen LogP contribution in [0.2, 0.25) is 0 Å². The molecule has 0 fully saturated rings. The van der Waals surface area contributed by atoms with Gasteiger partial charge in [-0.3, -0.25) is 4.79 Å². The van der Waals surface area contributed by atoms with Gasteiger partial charge in [-0.2, -0.15) is 0 Å². The Labute approximate surface area is 107 Å². The first-order chi connectivity index (χ1) is 8.02. The van der Waals surface area contributed by atoms with E-state index in [2.05, 4.69) is 26.1 Å². The quantitative estimate of drug-likeness (QED) is 0.868. The lowest BCUT2D eigenvalue weighted by atomic mass is 10.1. The Morgan fingerprint density at radius 3 is 2.71 bits per heavy atom. The van der Waals surface area contributed by atoms with E-state index in [1.807, 2.05) is 18.2 Å². The number of hydrogen-bond donors (Lipinski definition) is 1. The number of carbonyl (C=O) groups is 1. The average Bonchev–Trinajstić information content (AvgIpc) is 2.30. The van der Waals surface area contributed by atoms with Crippen LogP contribution in [-0.2, 0) is 0 Å². The van der Waals surface area contributed by atoms with Crippen LogP contribution in [0, 0.1) is 0 Å². The third-order valence-electron chi connectivity index (χ3n) is 2.39. The van der Waals surface area contributed by atoms with Gasteiger partial charge in [0.1, 0.15) is 5.52 Å². The lowest BCUT2D eigenvalue weighted by Gasteiger charge is -2.12. The van der Waals surface area contributed by atoms with Gasteiger partial charge in [0, 0.05) is 24.0 Å². The zero-order valence-corrected chi connectivity index (χ0v) is 11.0. The minimum atomic E-state index is -0.253. The molecule has 1 aromatic heterocycles. The molecule has 88 valence electrons. The normalized spacial score (nSPS) is 10.5. The molecule has 0 unspecified atom stereocenters. The van der Waals surface area contributed by atoms with Crippen LogP contribution >= 0.6 is 15.9 Å². The Bertz CT molecular complexity index is 597. The molecular formula is C11H11BrN4O. The van der Waals surface area contributed by atoms with Gasteiger partial charge in [-0.15, -0.1) is 10.2 Å². The van der Waals surface area contributed by atoms with Crippen LogP contribution in [0.3, 0.4) is 0 Å². The summed E-state index contributed by atoms with van der Waals surface area (Å²) in [5.74, 6) is -0.253. The monoisotopic (exact) mass is 294 g/mol. The van der Waals surface area contributed by atoms with E-state index in [-0.39, 0.29) is 11.6 Å². The minimum Gasteiger partial charge on any atom is -0.396 e. The number of nitrogens with two attached hydrogens (primary N) is 1. The summed E-state index contributed by atoms with van der Waals surface area (Å²) in [4.78, 5) is 13.2. The highest BCUT2D eigenvalue weighted by Gasteiger charge is 2.17. The van der Waals surface area contributed by atoms with E-state index in [0.29, 0.717) is 11.2 Å². The summed E-state index contributed by atoms with van der Waals surface area (Å²) in [7, 11) is 3.29. The number of fused-ring (bicyclic) bond motifs is 1. The second-order valence-corrected chi connectivity index (χ2v) is 4.65. The van der Waals surface area contributed by atoms with Crippen molar-refractivity contribution < 1.29 is 4.79 Å². The lowest BCUT2D eigenvalue weighted by molar-refractivity contribution is 0.0822. The van der Waals surface area contributed by atoms with Crippen LogP contribution in [0.5, 0.6) is 0 Å². The number of amides is 1. The number of anilines is 1. The van der Waals surface area contributed by atoms with Crippen molar-refractivity contribution in [2.45, 2.75) is 0 Å². The number of hydrogen-bond acceptors (Lipinski definition) is 4. The fraction of sp³-hybridized carbons (Fsp3) is 0.182. The van der Waals surface area contributed by atoms with E-state index >= 15 is 0 Å². The van der Waals surface area contributed by atoms with Gasteiger partial charge in [-0.25, -0.2) is 0 Å². The third kappa shape index (κ3) is 1.95. The Morgan fingerprint density at radius 1 is 1.35 bits per heavy atom. The zero-order chi connectivity index (χ0) is 12.6. The maximum absolute atomic E-state index is 11.8. The van der Waals surface area contributed by atoms with Gasteiger partial charge in [0.2, 0.25) is 0 Å². The van der Waals surface area contributed by atoms with E-state index in [1.54, 1.807) is 14.1 Å². The molecule has 1 amide bonds. The smallest absolute Gasteiger partial charge is 0.276 e. The van der Waals surface area contributed by atoms with Crippen molar-refractivity contribution >= 4 is 38.4 Å². The number of aromatic nitrogens is 2. The van der Waals surface area contributed by atoms with Crippen LogP contribution in [-0.4, -0.2) is 35.1 Å². The zero-order valence-electron chi connectivity index (χ0n) is 9.44. The first-order valence-electron chi connectivity index (χ1n) is 4.94. The first-order valence-corrected chi connectivity index (χ1v) is 5.73. The summed E-state index contributed by atoms with van der Waals surface area (Å²) in [6.07, 6.45) is 0. The minimum absolute atomic E-state index is 0.181. The van der Waals surface area contributed by atoms with Crippen LogP contribution in [0.25, 0.3) is 10.9 Å². The van der Waals surface area contributed by atoms with Gasteiger partial charge >= 0.3 is 0 Å². The summed E-state index contributed by atoms with van der Waals surface area (Å²) >= 11 is 3.37. The van der Waals surface area contributed by atoms with E-state index in [4.69, 9.17) is 5.73 Å². The molecule has 0 aliphatic rings. The summed E-state index contributed by atoms with van der Waals surface area (Å²) in [6.45, 7) is 0. The van der Waals surface area contributed by atoms with Crippen molar-refractivity contribution in [3.05, 3.63) is 28.4 Å². The Morgan fingerprint density at radius 2 is 2.06 bits per heavy atom. The summed E-state index contributed by atoms with van der Waals surface area (Å²) in [6, 6.07) is 5.51. The maximum atomic E-state index is 11.8. The molecule has 0 spiro atoms. The fourth-order valence-corrected chi connectivity index (χ4v) is 1.93. The number of halogens is 1. The highest BCUT2D eigenvalue weighted by atomic mass is 79.9. The molecule has 0 saturated carbocycles. The topological polar surface area (TPSA) is 72.1 Å². The number of nitrogen functional groups attached to an aromatic ring is 1. The molecule has 0 aliphatic carbocycles. The van der Waals surface area contributed by atoms with Crippen LogP contribution in [0.15, 0.2) is 22.7 Å². The molecule has 2 aromatic rings.